The molecule has 5 heteroatoms. The van der Waals surface area contributed by atoms with Crippen LogP contribution in [0.15, 0.2) is 102 Å². The van der Waals surface area contributed by atoms with Crippen LogP contribution in [0, 0.1) is 0 Å². The maximum Gasteiger partial charge on any atom is 0.163 e. The zero-order chi connectivity index (χ0) is 26.2. The van der Waals surface area contributed by atoms with Crippen LogP contribution in [-0.4, -0.2) is 25.8 Å². The standard InChI is InChI=1S/C33H30O5/c1-36-25-12-8-20(9-13-25)23-16-27(34)32-29(18-23)38-30-19-24(21-10-14-26(37-2)15-11-21)17-28(35)33(30)31(32)22-6-4-3-5-7-22/h3-15,23-24,31H,16-19H2,1-2H3/t23-,24-/m1/s1. The highest BCUT2D eigenvalue weighted by atomic mass is 16.5. The molecule has 2 atom stereocenters. The van der Waals surface area contributed by atoms with Gasteiger partial charge in [-0.25, -0.2) is 0 Å². The molecule has 0 bridgehead atoms. The lowest BCUT2D eigenvalue weighted by molar-refractivity contribution is -0.118. The number of hydrogen-bond donors (Lipinski definition) is 0. The fourth-order valence-electron chi connectivity index (χ4n) is 6.12. The Morgan fingerprint density at radius 3 is 1.45 bits per heavy atom. The number of ether oxygens (including phenoxy) is 3. The molecule has 5 nitrogen and oxygen atoms in total. The van der Waals surface area contributed by atoms with Gasteiger partial charge in [-0.2, -0.15) is 0 Å². The van der Waals surface area contributed by atoms with E-state index in [2.05, 4.69) is 0 Å². The van der Waals surface area contributed by atoms with E-state index in [4.69, 9.17) is 14.2 Å². The van der Waals surface area contributed by atoms with E-state index in [-0.39, 0.29) is 29.3 Å². The first-order chi connectivity index (χ1) is 18.6. The highest BCUT2D eigenvalue weighted by Gasteiger charge is 2.45. The number of carbonyl (C=O) groups excluding carboxylic acids is 2. The van der Waals surface area contributed by atoms with E-state index in [1.807, 2.05) is 78.9 Å². The smallest absolute Gasteiger partial charge is 0.163 e. The topological polar surface area (TPSA) is 61.8 Å². The molecule has 0 spiro atoms. The first-order valence-electron chi connectivity index (χ1n) is 13.1. The van der Waals surface area contributed by atoms with E-state index in [1.165, 1.54) is 0 Å². The van der Waals surface area contributed by atoms with Gasteiger partial charge in [0.05, 0.1) is 14.2 Å². The Morgan fingerprint density at radius 2 is 1.03 bits per heavy atom. The van der Waals surface area contributed by atoms with Crippen molar-refractivity contribution < 1.29 is 23.8 Å². The van der Waals surface area contributed by atoms with Crippen LogP contribution in [0.1, 0.15) is 60.1 Å². The molecule has 3 aliphatic rings. The van der Waals surface area contributed by atoms with Gasteiger partial charge in [-0.15, -0.1) is 0 Å². The van der Waals surface area contributed by atoms with E-state index in [0.29, 0.717) is 48.3 Å². The predicted octanol–water partition coefficient (Wildman–Crippen LogP) is 6.62. The summed E-state index contributed by atoms with van der Waals surface area (Å²) in [4.78, 5) is 27.5. The molecule has 0 saturated heterocycles. The molecule has 0 amide bonds. The van der Waals surface area contributed by atoms with Crippen LogP contribution in [0.2, 0.25) is 0 Å². The van der Waals surface area contributed by atoms with Crippen molar-refractivity contribution in [3.05, 3.63) is 118 Å². The highest BCUT2D eigenvalue weighted by Crippen LogP contribution is 2.52. The molecule has 0 fully saturated rings. The average Bonchev–Trinajstić information content (AvgIpc) is 2.96. The largest absolute Gasteiger partial charge is 0.497 e. The van der Waals surface area contributed by atoms with Gasteiger partial charge in [-0.3, -0.25) is 9.59 Å². The first-order valence-corrected chi connectivity index (χ1v) is 13.1. The zero-order valence-electron chi connectivity index (χ0n) is 21.6. The summed E-state index contributed by atoms with van der Waals surface area (Å²) in [5.41, 5.74) is 4.43. The van der Waals surface area contributed by atoms with E-state index in [9.17, 15) is 9.59 Å². The van der Waals surface area contributed by atoms with Gasteiger partial charge < -0.3 is 14.2 Å². The number of allylic oxidation sites excluding steroid dienone is 4. The zero-order valence-corrected chi connectivity index (χ0v) is 21.6. The van der Waals surface area contributed by atoms with Gasteiger partial charge >= 0.3 is 0 Å². The molecule has 192 valence electrons. The van der Waals surface area contributed by atoms with E-state index in [1.54, 1.807) is 14.2 Å². The van der Waals surface area contributed by atoms with Crippen LogP contribution in [0.25, 0.3) is 0 Å². The molecule has 3 aromatic carbocycles. The van der Waals surface area contributed by atoms with Crippen LogP contribution < -0.4 is 9.47 Å². The second-order valence-corrected chi connectivity index (χ2v) is 10.2. The van der Waals surface area contributed by atoms with E-state index in [0.717, 1.165) is 28.2 Å². The van der Waals surface area contributed by atoms with Crippen molar-refractivity contribution in [2.24, 2.45) is 0 Å². The van der Waals surface area contributed by atoms with Gasteiger partial charge in [0.15, 0.2) is 11.6 Å². The summed E-state index contributed by atoms with van der Waals surface area (Å²) < 4.78 is 17.2. The number of rotatable bonds is 5. The molecule has 6 rings (SSSR count). The molecule has 0 radical (unpaired) electrons. The summed E-state index contributed by atoms with van der Waals surface area (Å²) in [5.74, 6) is 2.74. The van der Waals surface area contributed by atoms with Crippen molar-refractivity contribution in [2.75, 3.05) is 14.2 Å². The van der Waals surface area contributed by atoms with Crippen molar-refractivity contribution in [1.82, 2.24) is 0 Å². The van der Waals surface area contributed by atoms with E-state index >= 15 is 0 Å². The second-order valence-electron chi connectivity index (χ2n) is 10.2. The van der Waals surface area contributed by atoms with Crippen LogP contribution in [0.4, 0.5) is 0 Å². The molecule has 0 aromatic heterocycles. The fraction of sp³-hybridized carbons (Fsp3) is 0.273. The lowest BCUT2D eigenvalue weighted by Crippen LogP contribution is -2.33. The first kappa shape index (κ1) is 24.2. The Labute approximate surface area is 222 Å². The summed E-state index contributed by atoms with van der Waals surface area (Å²) in [7, 11) is 3.29. The van der Waals surface area contributed by atoms with Crippen molar-refractivity contribution in [1.29, 1.82) is 0 Å². The molecule has 0 saturated carbocycles. The lowest BCUT2D eigenvalue weighted by atomic mass is 9.69. The number of carbonyl (C=O) groups is 2. The van der Waals surface area contributed by atoms with Gasteiger partial charge in [0.1, 0.15) is 23.0 Å². The molecule has 0 N–H and O–H groups in total. The molecule has 0 unspecified atom stereocenters. The number of methoxy groups -OCH3 is 2. The number of hydrogen-bond acceptors (Lipinski definition) is 5. The van der Waals surface area contributed by atoms with E-state index < -0.39 is 0 Å². The minimum atomic E-state index is -0.386. The Bertz CT molecular complexity index is 1340. The Morgan fingerprint density at radius 1 is 0.579 bits per heavy atom. The number of Topliss-reactive ketones (excluding diaryl/α,β-unsaturated/α-hetero) is 2. The molecule has 2 aliphatic carbocycles. The minimum Gasteiger partial charge on any atom is -0.497 e. The highest BCUT2D eigenvalue weighted by molar-refractivity contribution is 6.06. The summed E-state index contributed by atoms with van der Waals surface area (Å²) in [6, 6.07) is 25.7. The molecule has 38 heavy (non-hydrogen) atoms. The quantitative estimate of drug-likeness (QED) is 0.389. The Balaban J connectivity index is 1.38. The van der Waals surface area contributed by atoms with Crippen molar-refractivity contribution in [3.8, 4) is 11.5 Å². The second kappa shape index (κ2) is 9.97. The maximum absolute atomic E-state index is 13.7. The van der Waals surface area contributed by atoms with Gasteiger partial charge in [0.25, 0.3) is 0 Å². The summed E-state index contributed by atoms with van der Waals surface area (Å²) in [5, 5.41) is 0. The van der Waals surface area contributed by atoms with Crippen molar-refractivity contribution in [2.45, 2.75) is 43.4 Å². The normalized spacial score (nSPS) is 21.5. The van der Waals surface area contributed by atoms with Crippen molar-refractivity contribution in [3.63, 3.8) is 0 Å². The summed E-state index contributed by atoms with van der Waals surface area (Å²) in [6.07, 6.45) is 2.02. The third-order valence-electron chi connectivity index (χ3n) is 8.06. The molecule has 1 aliphatic heterocycles. The monoisotopic (exact) mass is 506 g/mol. The van der Waals surface area contributed by atoms with Crippen LogP contribution in [0.3, 0.4) is 0 Å². The molecule has 1 heterocycles. The third-order valence-corrected chi connectivity index (χ3v) is 8.06. The Hall–Kier alpha value is -4.12. The Kier molecular flexibility index (Phi) is 6.36. The third kappa shape index (κ3) is 4.32. The fourth-order valence-corrected chi connectivity index (χ4v) is 6.12. The van der Waals surface area contributed by atoms with Crippen molar-refractivity contribution >= 4 is 11.6 Å². The van der Waals surface area contributed by atoms with Crippen LogP contribution in [0.5, 0.6) is 11.5 Å². The number of ketones is 2. The lowest BCUT2D eigenvalue weighted by Gasteiger charge is -2.39. The van der Waals surface area contributed by atoms with Gasteiger partial charge in [0, 0.05) is 42.7 Å². The van der Waals surface area contributed by atoms with Crippen LogP contribution >= 0.6 is 0 Å². The summed E-state index contributed by atoms with van der Waals surface area (Å²) in [6.45, 7) is 0. The molecular formula is C33H30O5. The summed E-state index contributed by atoms with van der Waals surface area (Å²) >= 11 is 0. The van der Waals surface area contributed by atoms with Gasteiger partial charge in [-0.1, -0.05) is 54.6 Å². The minimum absolute atomic E-state index is 0.0161. The SMILES string of the molecule is COc1ccc([C@@H]2CC(=O)C3=C(C2)OC2=C(C(=O)C[C@@H](c4ccc(OC)cc4)C2)C3c2ccccc2)cc1. The van der Waals surface area contributed by atoms with Gasteiger partial charge in [0.2, 0.25) is 0 Å². The van der Waals surface area contributed by atoms with Crippen LogP contribution in [-0.2, 0) is 14.3 Å². The maximum atomic E-state index is 13.7. The molecule has 3 aromatic rings. The average molecular weight is 507 g/mol. The number of benzene rings is 3. The molecular weight excluding hydrogens is 476 g/mol. The predicted molar refractivity (Wildman–Crippen MR) is 144 cm³/mol. The van der Waals surface area contributed by atoms with Gasteiger partial charge in [-0.05, 0) is 52.8 Å².